The van der Waals surface area contributed by atoms with Crippen LogP contribution in [0, 0.1) is 5.92 Å². The van der Waals surface area contributed by atoms with Crippen LogP contribution >= 0.6 is 0 Å². The topological polar surface area (TPSA) is 57.6 Å². The lowest BCUT2D eigenvalue weighted by Gasteiger charge is -2.27. The summed E-state index contributed by atoms with van der Waals surface area (Å²) >= 11 is 0. The number of nitrogens with zero attached hydrogens (tertiary/aromatic N) is 1. The van der Waals surface area contributed by atoms with E-state index < -0.39 is 36.2 Å². The molecule has 1 rings (SSSR count). The number of carboxylic acid groups (broad SMARTS) is 1. The Balaban J connectivity index is 2.83. The lowest BCUT2D eigenvalue weighted by molar-refractivity contribution is -0.181. The molecule has 1 aliphatic rings. The van der Waals surface area contributed by atoms with E-state index >= 15 is 0 Å². The number of hydrogen-bond donors (Lipinski definition) is 1. The maximum Gasteiger partial charge on any atom is 0.383 e. The number of carbonyl (C=O) groups excluding carboxylic acids is 1. The van der Waals surface area contributed by atoms with Gasteiger partial charge in [-0.2, -0.15) is 8.78 Å². The van der Waals surface area contributed by atoms with Gasteiger partial charge in [0.15, 0.2) is 0 Å². The van der Waals surface area contributed by atoms with Gasteiger partial charge in [0, 0.05) is 12.6 Å². The van der Waals surface area contributed by atoms with Crippen LogP contribution in [0.15, 0.2) is 0 Å². The van der Waals surface area contributed by atoms with Crippen molar-refractivity contribution in [1.82, 2.24) is 4.90 Å². The first-order valence-corrected chi connectivity index (χ1v) is 4.89. The van der Waals surface area contributed by atoms with E-state index in [9.17, 15) is 27.2 Å². The molecule has 98 valence electrons. The summed E-state index contributed by atoms with van der Waals surface area (Å²) in [5, 5.41) is 8.72. The molecule has 0 radical (unpaired) electrons. The lowest BCUT2D eigenvalue weighted by atomic mass is 10.0. The number of aliphatic carboxylic acids is 1. The minimum atomic E-state index is -4.76. The first kappa shape index (κ1) is 13.7. The van der Waals surface area contributed by atoms with Gasteiger partial charge in [0.25, 0.3) is 5.91 Å². The van der Waals surface area contributed by atoms with Crippen LogP contribution in [0.25, 0.3) is 0 Å². The number of amides is 1. The van der Waals surface area contributed by atoms with E-state index in [1.807, 2.05) is 0 Å². The van der Waals surface area contributed by atoms with Gasteiger partial charge in [0.05, 0.1) is 5.92 Å². The summed E-state index contributed by atoms with van der Waals surface area (Å²) < 4.78 is 49.6. The smallest absolute Gasteiger partial charge is 0.383 e. The number of carbonyl (C=O) groups is 2. The van der Waals surface area contributed by atoms with Gasteiger partial charge in [0.1, 0.15) is 0 Å². The molecule has 2 unspecified atom stereocenters. The predicted molar refractivity (Wildman–Crippen MR) is 47.9 cm³/mol. The Morgan fingerprint density at radius 3 is 2.29 bits per heavy atom. The van der Waals surface area contributed by atoms with Crippen molar-refractivity contribution in [2.24, 2.45) is 5.92 Å². The molecule has 0 aromatic heterocycles. The van der Waals surface area contributed by atoms with Crippen molar-refractivity contribution >= 4 is 11.9 Å². The zero-order valence-corrected chi connectivity index (χ0v) is 8.87. The summed E-state index contributed by atoms with van der Waals surface area (Å²) in [6.07, 6.45) is -4.10. The molecule has 1 fully saturated rings. The van der Waals surface area contributed by atoms with E-state index in [4.69, 9.17) is 5.11 Å². The van der Waals surface area contributed by atoms with E-state index in [-0.39, 0.29) is 13.0 Å². The van der Waals surface area contributed by atoms with E-state index in [1.165, 1.54) is 6.92 Å². The molecule has 1 amide bonds. The van der Waals surface area contributed by atoms with E-state index in [0.717, 1.165) is 0 Å². The molecule has 2 atom stereocenters. The van der Waals surface area contributed by atoms with Crippen LogP contribution in [0.5, 0.6) is 0 Å². The Hall–Kier alpha value is -1.34. The third-order valence-corrected chi connectivity index (χ3v) is 2.89. The summed E-state index contributed by atoms with van der Waals surface area (Å²) in [7, 11) is 0. The summed E-state index contributed by atoms with van der Waals surface area (Å²) in [5.41, 5.74) is 0. The Bertz CT molecular complexity index is 334. The molecule has 17 heavy (non-hydrogen) atoms. The van der Waals surface area contributed by atoms with Gasteiger partial charge >= 0.3 is 18.3 Å². The highest BCUT2D eigenvalue weighted by Crippen LogP contribution is 2.31. The molecule has 0 aromatic carbocycles. The first-order valence-electron chi connectivity index (χ1n) is 4.89. The standard InChI is InChI=1S/C9H11F4NO3/c1-4-5(6(15)16)2-3-14(4)8(17)9(12,13)7(10)11/h4-5,7H,2-3H2,1H3,(H,15,16). The van der Waals surface area contributed by atoms with Gasteiger partial charge in [-0.15, -0.1) is 0 Å². The molecule has 1 heterocycles. The van der Waals surface area contributed by atoms with Gasteiger partial charge < -0.3 is 10.0 Å². The number of carboxylic acids is 1. The summed E-state index contributed by atoms with van der Waals surface area (Å²) in [5.74, 6) is -8.99. The number of alkyl halides is 4. The zero-order valence-electron chi connectivity index (χ0n) is 8.87. The fourth-order valence-electron chi connectivity index (χ4n) is 1.84. The molecule has 0 aliphatic carbocycles. The largest absolute Gasteiger partial charge is 0.481 e. The van der Waals surface area contributed by atoms with Crippen molar-refractivity contribution < 1.29 is 32.3 Å². The molecule has 1 saturated heterocycles. The lowest BCUT2D eigenvalue weighted by Crippen LogP contribution is -2.50. The number of rotatable bonds is 3. The van der Waals surface area contributed by atoms with Crippen molar-refractivity contribution in [3.8, 4) is 0 Å². The predicted octanol–water partition coefficient (Wildman–Crippen LogP) is 1.21. The molecule has 0 saturated carbocycles. The maximum absolute atomic E-state index is 12.8. The van der Waals surface area contributed by atoms with Crippen molar-refractivity contribution in [2.45, 2.75) is 31.7 Å². The second-order valence-electron chi connectivity index (χ2n) is 3.90. The normalized spacial score (nSPS) is 25.4. The summed E-state index contributed by atoms with van der Waals surface area (Å²) in [6.45, 7) is 1.00. The van der Waals surface area contributed by atoms with Crippen LogP contribution in [0.3, 0.4) is 0 Å². The third kappa shape index (κ3) is 2.34. The Morgan fingerprint density at radius 2 is 1.94 bits per heavy atom. The van der Waals surface area contributed by atoms with Gasteiger partial charge in [-0.3, -0.25) is 9.59 Å². The van der Waals surface area contributed by atoms with Crippen molar-refractivity contribution in [3.05, 3.63) is 0 Å². The average molecular weight is 257 g/mol. The van der Waals surface area contributed by atoms with Crippen LogP contribution in [0.4, 0.5) is 17.6 Å². The highest BCUT2D eigenvalue weighted by atomic mass is 19.3. The van der Waals surface area contributed by atoms with Gasteiger partial charge in [-0.25, -0.2) is 8.78 Å². The Morgan fingerprint density at radius 1 is 1.41 bits per heavy atom. The fourth-order valence-corrected chi connectivity index (χ4v) is 1.84. The highest BCUT2D eigenvalue weighted by molar-refractivity contribution is 5.85. The molecule has 0 aromatic rings. The minimum absolute atomic E-state index is 0.0123. The van der Waals surface area contributed by atoms with Gasteiger partial charge in [-0.1, -0.05) is 0 Å². The molecular weight excluding hydrogens is 246 g/mol. The van der Waals surface area contributed by atoms with E-state index in [2.05, 4.69) is 0 Å². The van der Waals surface area contributed by atoms with Crippen molar-refractivity contribution in [3.63, 3.8) is 0 Å². The van der Waals surface area contributed by atoms with Crippen LogP contribution in [-0.4, -0.2) is 46.8 Å². The SMILES string of the molecule is CC1C(C(=O)O)CCN1C(=O)C(F)(F)C(F)F. The van der Waals surface area contributed by atoms with Crippen molar-refractivity contribution in [2.75, 3.05) is 6.54 Å². The van der Waals surface area contributed by atoms with Crippen LogP contribution in [0.2, 0.25) is 0 Å². The molecule has 0 bridgehead atoms. The number of likely N-dealkylation sites (tertiary alicyclic amines) is 1. The molecule has 1 N–H and O–H groups in total. The zero-order chi connectivity index (χ0) is 13.4. The maximum atomic E-state index is 12.8. The summed E-state index contributed by atoms with van der Waals surface area (Å²) in [4.78, 5) is 22.4. The number of hydrogen-bond acceptors (Lipinski definition) is 2. The Labute approximate surface area is 94.2 Å². The van der Waals surface area contributed by atoms with Crippen molar-refractivity contribution in [1.29, 1.82) is 0 Å². The van der Waals surface area contributed by atoms with E-state index in [1.54, 1.807) is 0 Å². The highest BCUT2D eigenvalue weighted by Gasteiger charge is 2.54. The average Bonchev–Trinajstić information content (AvgIpc) is 2.58. The molecule has 1 aliphatic heterocycles. The second kappa shape index (κ2) is 4.50. The first-order chi connectivity index (χ1) is 7.69. The minimum Gasteiger partial charge on any atom is -0.481 e. The van der Waals surface area contributed by atoms with Gasteiger partial charge in [-0.05, 0) is 13.3 Å². The number of halogens is 4. The van der Waals surface area contributed by atoms with Crippen LogP contribution in [-0.2, 0) is 9.59 Å². The van der Waals surface area contributed by atoms with Crippen LogP contribution in [0.1, 0.15) is 13.3 Å². The Kier molecular flexibility index (Phi) is 3.63. The second-order valence-corrected chi connectivity index (χ2v) is 3.90. The van der Waals surface area contributed by atoms with Crippen LogP contribution < -0.4 is 0 Å². The molecular formula is C9H11F4NO3. The summed E-state index contributed by atoms with van der Waals surface area (Å²) in [6, 6.07) is -1.01. The molecule has 0 spiro atoms. The molecule has 4 nitrogen and oxygen atoms in total. The monoisotopic (exact) mass is 257 g/mol. The molecule has 8 heteroatoms. The quantitative estimate of drug-likeness (QED) is 0.773. The third-order valence-electron chi connectivity index (χ3n) is 2.89. The van der Waals surface area contributed by atoms with E-state index in [0.29, 0.717) is 4.90 Å². The van der Waals surface area contributed by atoms with Gasteiger partial charge in [0.2, 0.25) is 0 Å². The fraction of sp³-hybridized carbons (Fsp3) is 0.778.